The van der Waals surface area contributed by atoms with Gasteiger partial charge in [-0.25, -0.2) is 0 Å². The van der Waals surface area contributed by atoms with Crippen LogP contribution >= 0.6 is 0 Å². The summed E-state index contributed by atoms with van der Waals surface area (Å²) in [6.45, 7) is 1.38. The Morgan fingerprint density at radius 1 is 1.60 bits per heavy atom. The van der Waals surface area contributed by atoms with Crippen LogP contribution in [0.15, 0.2) is 12.3 Å². The molecule has 10 heavy (non-hydrogen) atoms. The maximum absolute atomic E-state index is 10.5. The minimum atomic E-state index is -3.35. The number of aliphatic hydroxyl groups is 1. The average Bonchev–Trinajstić information content (AvgIpc) is 1.89. The average molecular weight is 166 g/mol. The molecule has 0 saturated carbocycles. The van der Waals surface area contributed by atoms with Crippen molar-refractivity contribution in [3.05, 3.63) is 12.3 Å². The zero-order valence-corrected chi connectivity index (χ0v) is 6.47. The van der Waals surface area contributed by atoms with Gasteiger partial charge in [0, 0.05) is 0 Å². The van der Waals surface area contributed by atoms with E-state index in [0.29, 0.717) is 0 Å². The van der Waals surface area contributed by atoms with Gasteiger partial charge in [-0.1, -0.05) is 0 Å². The first-order valence-electron chi connectivity index (χ1n) is 2.78. The molecule has 0 spiro atoms. The van der Waals surface area contributed by atoms with E-state index in [1.807, 2.05) is 0 Å². The lowest BCUT2D eigenvalue weighted by atomic mass is 10.7. The number of aliphatic hydroxyl groups excluding tert-OH is 1. The first-order chi connectivity index (χ1) is 4.62. The van der Waals surface area contributed by atoms with Crippen molar-refractivity contribution in [2.75, 3.05) is 12.4 Å². The van der Waals surface area contributed by atoms with Gasteiger partial charge in [-0.2, -0.15) is 8.42 Å². The summed E-state index contributed by atoms with van der Waals surface area (Å²) in [5.41, 5.74) is 0. The normalized spacial score (nSPS) is 12.5. The Morgan fingerprint density at radius 2 is 2.20 bits per heavy atom. The summed E-state index contributed by atoms with van der Waals surface area (Å²) in [5.74, 6) is -0.0493. The zero-order valence-electron chi connectivity index (χ0n) is 5.65. The molecular weight excluding hydrogens is 156 g/mol. The Bertz CT molecular complexity index is 192. The largest absolute Gasteiger partial charge is 0.516 e. The minimum Gasteiger partial charge on any atom is -0.516 e. The third-order valence-corrected chi connectivity index (χ3v) is 2.01. The van der Waals surface area contributed by atoms with Gasteiger partial charge in [-0.15, -0.1) is 0 Å². The molecule has 0 aliphatic heterocycles. The molecule has 1 N–H and O–H groups in total. The van der Waals surface area contributed by atoms with Crippen LogP contribution in [0.3, 0.4) is 0 Å². The first-order valence-corrected chi connectivity index (χ1v) is 4.36. The Morgan fingerprint density at radius 3 is 2.60 bits per heavy atom. The molecule has 5 heteroatoms. The van der Waals surface area contributed by atoms with Crippen molar-refractivity contribution in [2.45, 2.75) is 6.92 Å². The van der Waals surface area contributed by atoms with Gasteiger partial charge in [-0.05, 0) is 13.0 Å². The van der Waals surface area contributed by atoms with Crippen molar-refractivity contribution >= 4 is 10.1 Å². The molecule has 0 fully saturated rings. The number of hydrogen-bond acceptors (Lipinski definition) is 4. The van der Waals surface area contributed by atoms with Crippen molar-refractivity contribution in [3.63, 3.8) is 0 Å². The molecule has 0 radical (unpaired) electrons. The fourth-order valence-corrected chi connectivity index (χ4v) is 0.722. The maximum atomic E-state index is 10.5. The molecule has 60 valence electrons. The Kier molecular flexibility index (Phi) is 4.06. The molecule has 0 amide bonds. The van der Waals surface area contributed by atoms with E-state index in [4.69, 9.17) is 5.11 Å². The van der Waals surface area contributed by atoms with Crippen molar-refractivity contribution in [1.82, 2.24) is 0 Å². The summed E-state index contributed by atoms with van der Waals surface area (Å²) in [6, 6.07) is 0. The lowest BCUT2D eigenvalue weighted by Gasteiger charge is -1.96. The highest BCUT2D eigenvalue weighted by atomic mass is 32.2. The monoisotopic (exact) mass is 166 g/mol. The van der Waals surface area contributed by atoms with Crippen LogP contribution in [-0.2, 0) is 14.3 Å². The van der Waals surface area contributed by atoms with Crippen molar-refractivity contribution in [3.8, 4) is 0 Å². The Hall–Kier alpha value is -0.550. The highest BCUT2D eigenvalue weighted by molar-refractivity contribution is 7.86. The summed E-state index contributed by atoms with van der Waals surface area (Å²) in [4.78, 5) is 0. The third-order valence-electron chi connectivity index (χ3n) is 0.803. The van der Waals surface area contributed by atoms with E-state index in [1.54, 1.807) is 0 Å². The smallest absolute Gasteiger partial charge is 0.267 e. The summed E-state index contributed by atoms with van der Waals surface area (Å²) in [7, 11) is -3.35. The second-order valence-corrected chi connectivity index (χ2v) is 3.44. The number of hydrogen-bond donors (Lipinski definition) is 1. The molecule has 0 aromatic carbocycles. The summed E-state index contributed by atoms with van der Waals surface area (Å²) >= 11 is 0. The van der Waals surface area contributed by atoms with E-state index >= 15 is 0 Å². The fourth-order valence-electron chi connectivity index (χ4n) is 0.269. The number of rotatable bonds is 4. The minimum absolute atomic E-state index is 0.0493. The Labute approximate surface area is 60.3 Å². The Balaban J connectivity index is 3.69. The molecular formula is C5H10O4S. The summed E-state index contributed by atoms with van der Waals surface area (Å²) < 4.78 is 25.4. The molecule has 0 aromatic heterocycles. The summed E-state index contributed by atoms with van der Waals surface area (Å²) in [6.07, 6.45) is 1.94. The van der Waals surface area contributed by atoms with Crippen LogP contribution in [0.5, 0.6) is 0 Å². The van der Waals surface area contributed by atoms with Gasteiger partial charge in [0.05, 0.1) is 18.6 Å². The van der Waals surface area contributed by atoms with Crippen molar-refractivity contribution in [2.24, 2.45) is 0 Å². The third kappa shape index (κ3) is 4.34. The molecule has 0 heterocycles. The predicted octanol–water partition coefficient (Wildman–Crippen LogP) is 0.424. The molecule has 0 rings (SSSR count). The fraction of sp³-hybridized carbons (Fsp3) is 0.600. The van der Waals surface area contributed by atoms with Crippen LogP contribution < -0.4 is 0 Å². The van der Waals surface area contributed by atoms with Crippen LogP contribution in [-0.4, -0.2) is 25.9 Å². The van der Waals surface area contributed by atoms with Gasteiger partial charge >= 0.3 is 0 Å². The topological polar surface area (TPSA) is 63.6 Å². The second-order valence-electron chi connectivity index (χ2n) is 1.52. The molecule has 4 nitrogen and oxygen atoms in total. The van der Waals surface area contributed by atoms with Crippen LogP contribution in [0.25, 0.3) is 0 Å². The quantitative estimate of drug-likeness (QED) is 0.485. The van der Waals surface area contributed by atoms with E-state index in [2.05, 4.69) is 4.18 Å². The van der Waals surface area contributed by atoms with E-state index in [-0.39, 0.29) is 12.4 Å². The van der Waals surface area contributed by atoms with E-state index in [1.165, 1.54) is 13.0 Å². The predicted molar refractivity (Wildman–Crippen MR) is 37.2 cm³/mol. The van der Waals surface area contributed by atoms with Crippen LogP contribution in [0, 0.1) is 0 Å². The second kappa shape index (κ2) is 4.29. The van der Waals surface area contributed by atoms with Gasteiger partial charge in [0.2, 0.25) is 0 Å². The first kappa shape index (κ1) is 9.45. The van der Waals surface area contributed by atoms with E-state index < -0.39 is 10.1 Å². The van der Waals surface area contributed by atoms with Crippen LogP contribution in [0.1, 0.15) is 6.92 Å². The van der Waals surface area contributed by atoms with Gasteiger partial charge in [0.15, 0.2) is 0 Å². The standard InChI is InChI=1S/C5H10O4S/c1-2-10(7,8)9-5-3-4-6/h3-4,6H,2,5H2,1H3. The van der Waals surface area contributed by atoms with Crippen molar-refractivity contribution in [1.29, 1.82) is 0 Å². The molecule has 0 aliphatic rings. The molecule has 0 aromatic rings. The molecule has 0 aliphatic carbocycles. The van der Waals surface area contributed by atoms with Gasteiger partial charge in [0.25, 0.3) is 10.1 Å². The molecule has 0 saturated heterocycles. The molecule has 0 unspecified atom stereocenters. The van der Waals surface area contributed by atoms with Gasteiger partial charge in [-0.3, -0.25) is 4.18 Å². The molecule has 0 bridgehead atoms. The lowest BCUT2D eigenvalue weighted by Crippen LogP contribution is -2.07. The van der Waals surface area contributed by atoms with Gasteiger partial charge in [0.1, 0.15) is 0 Å². The van der Waals surface area contributed by atoms with Gasteiger partial charge < -0.3 is 5.11 Å². The zero-order chi connectivity index (χ0) is 8.04. The SMILES string of the molecule is CCS(=O)(=O)OCC=CO. The maximum Gasteiger partial charge on any atom is 0.267 e. The van der Waals surface area contributed by atoms with Crippen molar-refractivity contribution < 1.29 is 17.7 Å². The highest BCUT2D eigenvalue weighted by Crippen LogP contribution is 1.91. The highest BCUT2D eigenvalue weighted by Gasteiger charge is 2.03. The molecule has 0 atom stereocenters. The summed E-state index contributed by atoms with van der Waals surface area (Å²) in [5, 5.41) is 8.08. The van der Waals surface area contributed by atoms with E-state index in [0.717, 1.165) is 6.26 Å². The lowest BCUT2D eigenvalue weighted by molar-refractivity contribution is 0.353. The van der Waals surface area contributed by atoms with Crippen LogP contribution in [0.2, 0.25) is 0 Å². The van der Waals surface area contributed by atoms with E-state index in [9.17, 15) is 8.42 Å². The van der Waals surface area contributed by atoms with Crippen LogP contribution in [0.4, 0.5) is 0 Å².